The first-order valence-electron chi connectivity index (χ1n) is 6.32. The van der Waals surface area contributed by atoms with Gasteiger partial charge in [0.25, 0.3) is 0 Å². The lowest BCUT2D eigenvalue weighted by Gasteiger charge is -2.13. The number of aromatic nitrogens is 1. The quantitative estimate of drug-likeness (QED) is 0.822. The van der Waals surface area contributed by atoms with Crippen LogP contribution in [0.15, 0.2) is 46.0 Å². The molecule has 2 heterocycles. The Kier molecular flexibility index (Phi) is 2.51. The van der Waals surface area contributed by atoms with E-state index in [1.165, 1.54) is 5.56 Å². The van der Waals surface area contributed by atoms with E-state index in [2.05, 4.69) is 38.0 Å². The van der Waals surface area contributed by atoms with E-state index in [0.717, 1.165) is 16.5 Å². The summed E-state index contributed by atoms with van der Waals surface area (Å²) in [6, 6.07) is 10.1. The Labute approximate surface area is 129 Å². The van der Waals surface area contributed by atoms with Crippen LogP contribution in [-0.2, 0) is 5.41 Å². The molecule has 1 aromatic heterocycles. The molecule has 1 aliphatic carbocycles. The Balaban J connectivity index is 1.87. The highest BCUT2D eigenvalue weighted by atomic mass is 79.9. The van der Waals surface area contributed by atoms with E-state index in [1.54, 1.807) is 6.20 Å². The Morgan fingerprint density at radius 1 is 1.30 bits per heavy atom. The van der Waals surface area contributed by atoms with Crippen molar-refractivity contribution in [2.75, 3.05) is 0 Å². The second kappa shape index (κ2) is 4.06. The molecule has 0 bridgehead atoms. The van der Waals surface area contributed by atoms with Crippen LogP contribution >= 0.6 is 27.5 Å². The van der Waals surface area contributed by atoms with Crippen molar-refractivity contribution in [3.8, 4) is 0 Å². The molecule has 1 aliphatic heterocycles. The highest BCUT2D eigenvalue weighted by Crippen LogP contribution is 2.66. The van der Waals surface area contributed by atoms with Gasteiger partial charge in [-0.3, -0.25) is 0 Å². The number of fused-ring (bicyclic) bond motifs is 2. The Bertz CT molecular complexity index is 747. The van der Waals surface area contributed by atoms with Crippen LogP contribution in [0.3, 0.4) is 0 Å². The first-order chi connectivity index (χ1) is 9.64. The number of halogens is 2. The van der Waals surface area contributed by atoms with Crippen molar-refractivity contribution < 1.29 is 5.11 Å². The maximum absolute atomic E-state index is 10.3. The molecule has 2 aromatic rings. The largest absolute Gasteiger partial charge is 0.496 e. The number of aliphatic hydroxyl groups is 1. The van der Waals surface area contributed by atoms with Gasteiger partial charge in [-0.25, -0.2) is 4.98 Å². The van der Waals surface area contributed by atoms with Gasteiger partial charge < -0.3 is 5.11 Å². The SMILES string of the molecule is OC1=Nc2ncc(Br)c(Cl)c2C12CC2c1ccccc1. The van der Waals surface area contributed by atoms with E-state index in [4.69, 9.17) is 11.6 Å². The van der Waals surface area contributed by atoms with E-state index in [-0.39, 0.29) is 11.8 Å². The van der Waals surface area contributed by atoms with Crippen molar-refractivity contribution in [1.29, 1.82) is 0 Å². The van der Waals surface area contributed by atoms with E-state index in [9.17, 15) is 5.11 Å². The van der Waals surface area contributed by atoms with Gasteiger partial charge in [-0.15, -0.1) is 0 Å². The number of nitrogens with zero attached hydrogens (tertiary/aromatic N) is 2. The summed E-state index contributed by atoms with van der Waals surface area (Å²) in [6.45, 7) is 0. The number of hydrogen-bond donors (Lipinski definition) is 1. The van der Waals surface area contributed by atoms with Crippen LogP contribution in [0.25, 0.3) is 0 Å². The summed E-state index contributed by atoms with van der Waals surface area (Å²) in [7, 11) is 0. The van der Waals surface area contributed by atoms with E-state index in [1.807, 2.05) is 18.2 Å². The number of aliphatic hydroxyl groups excluding tert-OH is 1. The van der Waals surface area contributed by atoms with Gasteiger partial charge in [-0.1, -0.05) is 41.9 Å². The van der Waals surface area contributed by atoms with Crippen LogP contribution in [-0.4, -0.2) is 16.0 Å². The number of aliphatic imine (C=N–C) groups is 1. The summed E-state index contributed by atoms with van der Waals surface area (Å²) in [5.74, 6) is 0.880. The molecule has 2 atom stereocenters. The molecule has 1 fully saturated rings. The normalized spacial score (nSPS) is 26.5. The third kappa shape index (κ3) is 1.46. The third-order valence-corrected chi connectivity index (χ3v) is 5.39. The van der Waals surface area contributed by atoms with E-state index < -0.39 is 5.41 Å². The summed E-state index contributed by atoms with van der Waals surface area (Å²) in [4.78, 5) is 8.46. The lowest BCUT2D eigenvalue weighted by atomic mass is 9.93. The van der Waals surface area contributed by atoms with Crippen LogP contribution in [0.1, 0.15) is 23.5 Å². The molecule has 1 N–H and O–H groups in total. The predicted octanol–water partition coefficient (Wildman–Crippen LogP) is 4.52. The summed E-state index contributed by atoms with van der Waals surface area (Å²) < 4.78 is 0.737. The zero-order chi connectivity index (χ0) is 13.9. The van der Waals surface area contributed by atoms with Gasteiger partial charge in [0.15, 0.2) is 11.7 Å². The number of hydrogen-bond acceptors (Lipinski definition) is 2. The minimum absolute atomic E-state index is 0.133. The molecule has 1 saturated carbocycles. The third-order valence-electron chi connectivity index (χ3n) is 4.17. The van der Waals surface area contributed by atoms with Crippen LogP contribution in [0.4, 0.5) is 5.82 Å². The monoisotopic (exact) mass is 348 g/mol. The molecule has 100 valence electrons. The maximum Gasteiger partial charge on any atom is 0.199 e. The molecule has 5 heteroatoms. The molecule has 0 amide bonds. The van der Waals surface area contributed by atoms with E-state index >= 15 is 0 Å². The standard InChI is InChI=1S/C15H10BrClN2O/c16-10-7-18-13-11(12(10)17)15(14(20)19-13)6-9(15)8-4-2-1-3-5-8/h1-5,7,9H,6H2,(H,18,19,20). The highest BCUT2D eigenvalue weighted by molar-refractivity contribution is 9.10. The molecular formula is C15H10BrClN2O. The van der Waals surface area contributed by atoms with Gasteiger partial charge in [-0.2, -0.15) is 4.99 Å². The van der Waals surface area contributed by atoms with Crippen molar-refractivity contribution in [2.45, 2.75) is 17.8 Å². The Morgan fingerprint density at radius 3 is 2.80 bits per heavy atom. The van der Waals surface area contributed by atoms with Crippen LogP contribution < -0.4 is 0 Å². The maximum atomic E-state index is 10.3. The Hall–Kier alpha value is -1.39. The van der Waals surface area contributed by atoms with Crippen molar-refractivity contribution in [1.82, 2.24) is 4.98 Å². The van der Waals surface area contributed by atoms with Crippen molar-refractivity contribution in [3.63, 3.8) is 0 Å². The molecular weight excluding hydrogens is 340 g/mol. The minimum atomic E-state index is -0.482. The summed E-state index contributed by atoms with van der Waals surface area (Å²) in [5, 5.41) is 10.9. The number of benzene rings is 1. The zero-order valence-corrected chi connectivity index (χ0v) is 12.7. The second-order valence-electron chi connectivity index (χ2n) is 5.19. The van der Waals surface area contributed by atoms with Crippen LogP contribution in [0.2, 0.25) is 5.02 Å². The zero-order valence-electron chi connectivity index (χ0n) is 10.3. The molecule has 20 heavy (non-hydrogen) atoms. The highest BCUT2D eigenvalue weighted by Gasteiger charge is 2.65. The fourth-order valence-corrected chi connectivity index (χ4v) is 3.73. The topological polar surface area (TPSA) is 45.5 Å². The molecule has 0 radical (unpaired) electrons. The fraction of sp³-hybridized carbons (Fsp3) is 0.200. The van der Waals surface area contributed by atoms with Crippen molar-refractivity contribution in [3.05, 3.63) is 57.2 Å². The summed E-state index contributed by atoms with van der Waals surface area (Å²) in [5.41, 5.74) is 1.56. The average molecular weight is 350 g/mol. The lowest BCUT2D eigenvalue weighted by molar-refractivity contribution is 0.513. The summed E-state index contributed by atoms with van der Waals surface area (Å²) >= 11 is 9.81. The first-order valence-corrected chi connectivity index (χ1v) is 7.49. The minimum Gasteiger partial charge on any atom is -0.496 e. The van der Waals surface area contributed by atoms with E-state index in [0.29, 0.717) is 10.8 Å². The number of rotatable bonds is 1. The lowest BCUT2D eigenvalue weighted by Crippen LogP contribution is -2.18. The van der Waals surface area contributed by atoms with Gasteiger partial charge in [0.1, 0.15) is 0 Å². The van der Waals surface area contributed by atoms with Crippen molar-refractivity contribution in [2.24, 2.45) is 4.99 Å². The van der Waals surface area contributed by atoms with Gasteiger partial charge in [0.2, 0.25) is 0 Å². The van der Waals surface area contributed by atoms with Crippen molar-refractivity contribution >= 4 is 39.2 Å². The molecule has 2 aliphatic rings. The molecule has 3 nitrogen and oxygen atoms in total. The fourth-order valence-electron chi connectivity index (χ4n) is 3.12. The molecule has 4 rings (SSSR count). The second-order valence-corrected chi connectivity index (χ2v) is 6.43. The van der Waals surface area contributed by atoms with Crippen LogP contribution in [0.5, 0.6) is 0 Å². The average Bonchev–Trinajstić information content (AvgIpc) is 3.13. The van der Waals surface area contributed by atoms with Crippen LogP contribution in [0, 0.1) is 0 Å². The first kappa shape index (κ1) is 12.4. The number of pyridine rings is 1. The molecule has 0 saturated heterocycles. The summed E-state index contributed by atoms with van der Waals surface area (Å²) in [6.07, 6.45) is 2.44. The molecule has 1 aromatic carbocycles. The smallest absolute Gasteiger partial charge is 0.199 e. The Morgan fingerprint density at radius 2 is 2.05 bits per heavy atom. The van der Waals surface area contributed by atoms with Gasteiger partial charge in [0.05, 0.1) is 14.9 Å². The predicted molar refractivity (Wildman–Crippen MR) is 82.1 cm³/mol. The van der Waals surface area contributed by atoms with Gasteiger partial charge in [0, 0.05) is 17.7 Å². The molecule has 1 spiro atoms. The van der Waals surface area contributed by atoms with Gasteiger partial charge >= 0.3 is 0 Å². The van der Waals surface area contributed by atoms with Gasteiger partial charge in [-0.05, 0) is 27.9 Å². The molecule has 2 unspecified atom stereocenters.